The summed E-state index contributed by atoms with van der Waals surface area (Å²) in [4.78, 5) is 15.9. The molecule has 0 radical (unpaired) electrons. The van der Waals surface area contributed by atoms with Gasteiger partial charge in [0.2, 0.25) is 0 Å². The van der Waals surface area contributed by atoms with Gasteiger partial charge in [0.25, 0.3) is 0 Å². The van der Waals surface area contributed by atoms with Crippen LogP contribution in [0.2, 0.25) is 5.02 Å². The lowest BCUT2D eigenvalue weighted by Gasteiger charge is -2.02. The monoisotopic (exact) mass is 296 g/mol. The van der Waals surface area contributed by atoms with Crippen molar-refractivity contribution in [3.8, 4) is 0 Å². The van der Waals surface area contributed by atoms with Gasteiger partial charge >= 0.3 is 5.97 Å². The number of carboxylic acids is 1. The van der Waals surface area contributed by atoms with Gasteiger partial charge in [-0.1, -0.05) is 23.7 Å². The first-order valence-corrected chi connectivity index (χ1v) is 6.90. The molecular weight excluding hydrogens is 284 g/mol. The number of carboxylic acid groups (broad SMARTS) is 1. The largest absolute Gasteiger partial charge is 0.481 e. The Morgan fingerprint density at radius 2 is 2.11 bits per heavy atom. The quantitative estimate of drug-likeness (QED) is 0.888. The van der Waals surface area contributed by atoms with Gasteiger partial charge in [0, 0.05) is 16.4 Å². The first-order chi connectivity index (χ1) is 9.04. The van der Waals surface area contributed by atoms with E-state index in [0.29, 0.717) is 17.3 Å². The lowest BCUT2D eigenvalue weighted by molar-refractivity contribution is -0.136. The van der Waals surface area contributed by atoms with Crippen molar-refractivity contribution in [1.82, 2.24) is 4.98 Å². The molecule has 0 aliphatic rings. The highest BCUT2D eigenvalue weighted by Gasteiger charge is 2.10. The summed E-state index contributed by atoms with van der Waals surface area (Å²) in [5.41, 5.74) is 1.72. The van der Waals surface area contributed by atoms with Crippen LogP contribution < -0.4 is 5.32 Å². The minimum absolute atomic E-state index is 0.0367. The Morgan fingerprint density at radius 3 is 2.74 bits per heavy atom. The van der Waals surface area contributed by atoms with E-state index in [4.69, 9.17) is 16.7 Å². The number of hydrogen-bond acceptors (Lipinski definition) is 4. The number of benzene rings is 1. The van der Waals surface area contributed by atoms with E-state index >= 15 is 0 Å². The summed E-state index contributed by atoms with van der Waals surface area (Å²) in [5, 5.41) is 13.4. The van der Waals surface area contributed by atoms with Crippen LogP contribution in [0.5, 0.6) is 0 Å². The average Bonchev–Trinajstić information content (AvgIpc) is 2.69. The first-order valence-electron chi connectivity index (χ1n) is 5.71. The maximum Gasteiger partial charge on any atom is 0.309 e. The first kappa shape index (κ1) is 13.8. The zero-order valence-electron chi connectivity index (χ0n) is 10.3. The molecule has 0 saturated heterocycles. The average molecular weight is 297 g/mol. The van der Waals surface area contributed by atoms with Crippen molar-refractivity contribution in [1.29, 1.82) is 0 Å². The SMILES string of the molecule is Cc1sc(NCc2ccc(Cl)cc2)nc1CC(=O)O. The van der Waals surface area contributed by atoms with Gasteiger partial charge in [-0.3, -0.25) is 4.79 Å². The number of aryl methyl sites for hydroxylation is 1. The lowest BCUT2D eigenvalue weighted by Crippen LogP contribution is -2.02. The second-order valence-electron chi connectivity index (χ2n) is 4.07. The Kier molecular flexibility index (Phi) is 4.39. The van der Waals surface area contributed by atoms with Crippen LogP contribution in [0.15, 0.2) is 24.3 Å². The molecule has 2 rings (SSSR count). The molecule has 0 fully saturated rings. The summed E-state index contributed by atoms with van der Waals surface area (Å²) >= 11 is 7.28. The van der Waals surface area contributed by atoms with Crippen molar-refractivity contribution < 1.29 is 9.90 Å². The molecule has 0 unspecified atom stereocenters. The lowest BCUT2D eigenvalue weighted by atomic mass is 10.2. The number of rotatable bonds is 5. The Bertz CT molecular complexity index is 581. The predicted molar refractivity (Wildman–Crippen MR) is 77.0 cm³/mol. The summed E-state index contributed by atoms with van der Waals surface area (Å²) in [6, 6.07) is 7.55. The minimum Gasteiger partial charge on any atom is -0.481 e. The Labute approximate surface area is 120 Å². The topological polar surface area (TPSA) is 62.2 Å². The van der Waals surface area contributed by atoms with Crippen LogP contribution in [-0.2, 0) is 17.8 Å². The van der Waals surface area contributed by atoms with Crippen molar-refractivity contribution in [3.05, 3.63) is 45.4 Å². The second-order valence-corrected chi connectivity index (χ2v) is 5.71. The fourth-order valence-electron chi connectivity index (χ4n) is 1.59. The molecule has 4 nitrogen and oxygen atoms in total. The molecule has 2 N–H and O–H groups in total. The number of thiazole rings is 1. The fraction of sp³-hybridized carbons (Fsp3) is 0.231. The molecule has 0 saturated carbocycles. The molecule has 0 bridgehead atoms. The van der Waals surface area contributed by atoms with E-state index in [9.17, 15) is 4.79 Å². The molecule has 0 atom stereocenters. The van der Waals surface area contributed by atoms with Crippen molar-refractivity contribution in [3.63, 3.8) is 0 Å². The van der Waals surface area contributed by atoms with E-state index in [-0.39, 0.29) is 6.42 Å². The van der Waals surface area contributed by atoms with E-state index in [1.165, 1.54) is 11.3 Å². The van der Waals surface area contributed by atoms with Crippen molar-refractivity contribution in [2.75, 3.05) is 5.32 Å². The van der Waals surface area contributed by atoms with Gasteiger partial charge in [-0.25, -0.2) is 4.98 Å². The Hall–Kier alpha value is -1.59. The van der Waals surface area contributed by atoms with E-state index in [2.05, 4.69) is 10.3 Å². The smallest absolute Gasteiger partial charge is 0.309 e. The molecule has 0 amide bonds. The molecule has 1 aromatic heterocycles. The minimum atomic E-state index is -0.863. The third-order valence-electron chi connectivity index (χ3n) is 2.57. The van der Waals surface area contributed by atoms with E-state index in [1.807, 2.05) is 31.2 Å². The number of nitrogens with one attached hydrogen (secondary N) is 1. The van der Waals surface area contributed by atoms with Gasteiger partial charge in [-0.2, -0.15) is 0 Å². The molecule has 0 spiro atoms. The van der Waals surface area contributed by atoms with Gasteiger partial charge in [0.1, 0.15) is 0 Å². The van der Waals surface area contributed by atoms with Gasteiger partial charge in [-0.05, 0) is 24.6 Å². The third kappa shape index (κ3) is 3.94. The zero-order valence-corrected chi connectivity index (χ0v) is 11.9. The number of aromatic nitrogens is 1. The molecule has 6 heteroatoms. The number of hydrogen-bond donors (Lipinski definition) is 2. The molecular formula is C13H13ClN2O2S. The van der Waals surface area contributed by atoms with Crippen LogP contribution in [0.3, 0.4) is 0 Å². The van der Waals surface area contributed by atoms with Crippen molar-refractivity contribution in [2.45, 2.75) is 19.9 Å². The standard InChI is InChI=1S/C13H13ClN2O2S/c1-8-11(6-12(17)18)16-13(19-8)15-7-9-2-4-10(14)5-3-9/h2-5H,6-7H2,1H3,(H,15,16)(H,17,18). The normalized spacial score (nSPS) is 10.4. The highest BCUT2D eigenvalue weighted by Crippen LogP contribution is 2.23. The zero-order chi connectivity index (χ0) is 13.8. The van der Waals surface area contributed by atoms with Crippen LogP contribution in [0, 0.1) is 6.92 Å². The highest BCUT2D eigenvalue weighted by atomic mass is 35.5. The molecule has 0 aliphatic heterocycles. The van der Waals surface area contributed by atoms with Gasteiger partial charge in [-0.15, -0.1) is 11.3 Å². The third-order valence-corrected chi connectivity index (χ3v) is 3.79. The van der Waals surface area contributed by atoms with Crippen molar-refractivity contribution >= 4 is 34.0 Å². The molecule has 1 aromatic carbocycles. The molecule has 0 aliphatic carbocycles. The van der Waals surface area contributed by atoms with Gasteiger partial charge in [0.15, 0.2) is 5.13 Å². The van der Waals surface area contributed by atoms with Crippen LogP contribution in [-0.4, -0.2) is 16.1 Å². The maximum atomic E-state index is 10.7. The maximum absolute atomic E-state index is 10.7. The summed E-state index contributed by atoms with van der Waals surface area (Å²) < 4.78 is 0. The fourth-order valence-corrected chi connectivity index (χ4v) is 2.54. The Morgan fingerprint density at radius 1 is 1.42 bits per heavy atom. The molecule has 100 valence electrons. The van der Waals surface area contributed by atoms with Gasteiger partial charge in [0.05, 0.1) is 12.1 Å². The second kappa shape index (κ2) is 6.04. The summed E-state index contributed by atoms with van der Waals surface area (Å²) in [6.45, 7) is 2.51. The summed E-state index contributed by atoms with van der Waals surface area (Å²) in [5.74, 6) is -0.863. The summed E-state index contributed by atoms with van der Waals surface area (Å²) in [7, 11) is 0. The number of nitrogens with zero attached hydrogens (tertiary/aromatic N) is 1. The van der Waals surface area contributed by atoms with Crippen LogP contribution in [0.4, 0.5) is 5.13 Å². The van der Waals surface area contributed by atoms with E-state index in [0.717, 1.165) is 15.6 Å². The highest BCUT2D eigenvalue weighted by molar-refractivity contribution is 7.15. The number of aliphatic carboxylic acids is 1. The van der Waals surface area contributed by atoms with E-state index in [1.54, 1.807) is 0 Å². The molecule has 1 heterocycles. The van der Waals surface area contributed by atoms with Crippen LogP contribution in [0.1, 0.15) is 16.1 Å². The van der Waals surface area contributed by atoms with Crippen molar-refractivity contribution in [2.24, 2.45) is 0 Å². The van der Waals surface area contributed by atoms with E-state index < -0.39 is 5.97 Å². The number of anilines is 1. The predicted octanol–water partition coefficient (Wildman–Crippen LogP) is 3.34. The number of carbonyl (C=O) groups is 1. The van der Waals surface area contributed by atoms with Crippen LogP contribution in [0.25, 0.3) is 0 Å². The molecule has 2 aromatic rings. The van der Waals surface area contributed by atoms with Crippen LogP contribution >= 0.6 is 22.9 Å². The Balaban J connectivity index is 1.99. The molecule has 19 heavy (non-hydrogen) atoms. The summed E-state index contributed by atoms with van der Waals surface area (Å²) in [6.07, 6.45) is -0.0367. The number of halogens is 1. The van der Waals surface area contributed by atoms with Gasteiger partial charge < -0.3 is 10.4 Å².